The average Bonchev–Trinajstić information content (AvgIpc) is 2.84. The molecule has 0 saturated carbocycles. The van der Waals surface area contributed by atoms with Crippen LogP contribution in [0.1, 0.15) is 23.4 Å². The Bertz CT molecular complexity index is 582. The summed E-state index contributed by atoms with van der Waals surface area (Å²) in [4.78, 5) is 12.2. The summed E-state index contributed by atoms with van der Waals surface area (Å²) in [5.41, 5.74) is 0.151. The predicted molar refractivity (Wildman–Crippen MR) is 64.0 cm³/mol. The molecule has 1 fully saturated rings. The summed E-state index contributed by atoms with van der Waals surface area (Å²) in [6.07, 6.45) is 1.68. The number of fused-ring (bicyclic) bond motifs is 1. The molecule has 2 aromatic rings. The van der Waals surface area contributed by atoms with E-state index >= 15 is 0 Å². The number of rotatable bonds is 2. The summed E-state index contributed by atoms with van der Waals surface area (Å²) in [5.74, 6) is -0.468. The highest BCUT2D eigenvalue weighted by atomic mass is 19.1. The summed E-state index contributed by atoms with van der Waals surface area (Å²) in [6, 6.07) is 6.26. The Labute approximate surface area is 104 Å². The van der Waals surface area contributed by atoms with Crippen LogP contribution in [0.25, 0.3) is 11.0 Å². The quantitative estimate of drug-likeness (QED) is 0.766. The lowest BCUT2D eigenvalue weighted by Crippen LogP contribution is -2.24. The summed E-state index contributed by atoms with van der Waals surface area (Å²) < 4.78 is 24.1. The van der Waals surface area contributed by atoms with Crippen molar-refractivity contribution in [1.82, 2.24) is 0 Å². The normalized spacial score (nSPS) is 20.2. The van der Waals surface area contributed by atoms with E-state index in [4.69, 9.17) is 9.15 Å². The van der Waals surface area contributed by atoms with Crippen LogP contribution in [0, 0.1) is 11.7 Å². The van der Waals surface area contributed by atoms with E-state index in [-0.39, 0.29) is 23.0 Å². The second-order valence-electron chi connectivity index (χ2n) is 4.55. The second kappa shape index (κ2) is 4.53. The molecule has 0 amide bonds. The Hall–Kier alpha value is -1.68. The zero-order valence-electron chi connectivity index (χ0n) is 9.82. The highest BCUT2D eigenvalue weighted by Crippen LogP contribution is 2.26. The Morgan fingerprint density at radius 2 is 2.28 bits per heavy atom. The van der Waals surface area contributed by atoms with Crippen molar-refractivity contribution in [1.29, 1.82) is 0 Å². The summed E-state index contributed by atoms with van der Waals surface area (Å²) in [7, 11) is 0. The molecule has 0 N–H and O–H groups in total. The van der Waals surface area contributed by atoms with Gasteiger partial charge < -0.3 is 9.15 Å². The molecule has 3 rings (SSSR count). The first-order valence-electron chi connectivity index (χ1n) is 6.06. The molecule has 1 saturated heterocycles. The highest BCUT2D eigenvalue weighted by molar-refractivity contribution is 5.99. The molecule has 2 heterocycles. The number of hydrogen-bond acceptors (Lipinski definition) is 3. The van der Waals surface area contributed by atoms with E-state index in [1.54, 1.807) is 18.2 Å². The van der Waals surface area contributed by atoms with Crippen molar-refractivity contribution in [2.45, 2.75) is 12.8 Å². The lowest BCUT2D eigenvalue weighted by molar-refractivity contribution is 0.0445. The zero-order valence-corrected chi connectivity index (χ0v) is 9.82. The molecule has 3 nitrogen and oxygen atoms in total. The predicted octanol–water partition coefficient (Wildman–Crippen LogP) is 3.18. The molecule has 0 radical (unpaired) electrons. The van der Waals surface area contributed by atoms with E-state index in [0.717, 1.165) is 12.8 Å². The molecule has 1 aromatic carbocycles. The third-order valence-electron chi connectivity index (χ3n) is 3.27. The van der Waals surface area contributed by atoms with Gasteiger partial charge in [-0.05, 0) is 25.0 Å². The van der Waals surface area contributed by atoms with Gasteiger partial charge in [-0.15, -0.1) is 0 Å². The maximum atomic E-state index is 13.5. The number of ether oxygens (including phenoxy) is 1. The summed E-state index contributed by atoms with van der Waals surface area (Å²) in [5, 5.41) is 0.620. The molecule has 4 heteroatoms. The fraction of sp³-hybridized carbons (Fsp3) is 0.357. The molecule has 0 spiro atoms. The number of halogens is 1. The standard InChI is InChI=1S/C14H13FO3/c15-11-5-1-3-9-7-12(18-14(9)11)13(16)10-4-2-6-17-8-10/h1,3,5,7,10H,2,4,6,8H2. The van der Waals surface area contributed by atoms with Gasteiger partial charge >= 0.3 is 0 Å². The Morgan fingerprint density at radius 1 is 1.39 bits per heavy atom. The Balaban J connectivity index is 1.94. The molecule has 1 unspecified atom stereocenters. The molecule has 18 heavy (non-hydrogen) atoms. The first-order valence-corrected chi connectivity index (χ1v) is 6.06. The molecule has 1 atom stereocenters. The van der Waals surface area contributed by atoms with Crippen LogP contribution >= 0.6 is 0 Å². The van der Waals surface area contributed by atoms with Gasteiger partial charge in [-0.2, -0.15) is 0 Å². The summed E-state index contributed by atoms with van der Waals surface area (Å²) >= 11 is 0. The number of carbonyl (C=O) groups is 1. The van der Waals surface area contributed by atoms with Gasteiger partial charge in [0, 0.05) is 17.9 Å². The third-order valence-corrected chi connectivity index (χ3v) is 3.27. The van der Waals surface area contributed by atoms with Crippen molar-refractivity contribution < 1.29 is 18.3 Å². The van der Waals surface area contributed by atoms with Crippen molar-refractivity contribution in [3.8, 4) is 0 Å². The molecular weight excluding hydrogens is 235 g/mol. The molecule has 0 bridgehead atoms. The van der Waals surface area contributed by atoms with Gasteiger partial charge in [-0.1, -0.05) is 12.1 Å². The van der Waals surface area contributed by atoms with Crippen LogP contribution in [0.15, 0.2) is 28.7 Å². The van der Waals surface area contributed by atoms with E-state index in [2.05, 4.69) is 0 Å². The molecule has 0 aliphatic carbocycles. The molecule has 1 aliphatic heterocycles. The van der Waals surface area contributed by atoms with Gasteiger partial charge in [-0.3, -0.25) is 4.79 Å². The maximum absolute atomic E-state index is 13.5. The van der Waals surface area contributed by atoms with Crippen LogP contribution in [0.2, 0.25) is 0 Å². The van der Waals surface area contributed by atoms with Gasteiger partial charge in [0.05, 0.1) is 6.61 Å². The number of furan rings is 1. The van der Waals surface area contributed by atoms with Crippen LogP contribution in [-0.4, -0.2) is 19.0 Å². The number of benzene rings is 1. The Morgan fingerprint density at radius 3 is 3.00 bits per heavy atom. The fourth-order valence-electron chi connectivity index (χ4n) is 2.30. The van der Waals surface area contributed by atoms with Gasteiger partial charge in [0.1, 0.15) is 0 Å². The minimum atomic E-state index is -0.438. The minimum Gasteiger partial charge on any atom is -0.450 e. The first kappa shape index (κ1) is 11.4. The van der Waals surface area contributed by atoms with Crippen molar-refractivity contribution in [3.05, 3.63) is 35.8 Å². The smallest absolute Gasteiger partial charge is 0.203 e. The van der Waals surface area contributed by atoms with E-state index in [0.29, 0.717) is 18.6 Å². The topological polar surface area (TPSA) is 39.4 Å². The zero-order chi connectivity index (χ0) is 12.5. The SMILES string of the molecule is O=C(c1cc2cccc(F)c2o1)C1CCCOC1. The van der Waals surface area contributed by atoms with Crippen LogP contribution in [-0.2, 0) is 4.74 Å². The largest absolute Gasteiger partial charge is 0.450 e. The van der Waals surface area contributed by atoms with Gasteiger partial charge in [0.25, 0.3) is 0 Å². The van der Waals surface area contributed by atoms with Crippen molar-refractivity contribution in [2.75, 3.05) is 13.2 Å². The van der Waals surface area contributed by atoms with Crippen molar-refractivity contribution >= 4 is 16.8 Å². The van der Waals surface area contributed by atoms with Crippen LogP contribution in [0.3, 0.4) is 0 Å². The van der Waals surface area contributed by atoms with Gasteiger partial charge in [0.2, 0.25) is 5.78 Å². The van der Waals surface area contributed by atoms with E-state index in [1.807, 2.05) is 0 Å². The number of carbonyl (C=O) groups excluding carboxylic acids is 1. The number of ketones is 1. The van der Waals surface area contributed by atoms with Crippen LogP contribution < -0.4 is 0 Å². The number of para-hydroxylation sites is 1. The summed E-state index contributed by atoms with van der Waals surface area (Å²) in [6.45, 7) is 1.14. The van der Waals surface area contributed by atoms with Crippen LogP contribution in [0.4, 0.5) is 4.39 Å². The van der Waals surface area contributed by atoms with E-state index in [1.165, 1.54) is 6.07 Å². The number of hydrogen-bond donors (Lipinski definition) is 0. The molecule has 1 aromatic heterocycles. The lowest BCUT2D eigenvalue weighted by Gasteiger charge is -2.19. The molecular formula is C14H13FO3. The van der Waals surface area contributed by atoms with Crippen molar-refractivity contribution in [2.24, 2.45) is 5.92 Å². The van der Waals surface area contributed by atoms with Crippen molar-refractivity contribution in [3.63, 3.8) is 0 Å². The average molecular weight is 248 g/mol. The fourth-order valence-corrected chi connectivity index (χ4v) is 2.30. The van der Waals surface area contributed by atoms with Crippen LogP contribution in [0.5, 0.6) is 0 Å². The minimum absolute atomic E-state index is 0.0923. The molecule has 94 valence electrons. The Kier molecular flexibility index (Phi) is 2.88. The van der Waals surface area contributed by atoms with Gasteiger partial charge in [0.15, 0.2) is 17.2 Å². The number of Topliss-reactive ketones (excluding diaryl/α,β-unsaturated/α-hetero) is 1. The second-order valence-corrected chi connectivity index (χ2v) is 4.55. The van der Waals surface area contributed by atoms with Gasteiger partial charge in [-0.25, -0.2) is 4.39 Å². The molecule has 1 aliphatic rings. The lowest BCUT2D eigenvalue weighted by atomic mass is 9.96. The first-order chi connectivity index (χ1) is 8.75. The monoisotopic (exact) mass is 248 g/mol. The van der Waals surface area contributed by atoms with E-state index in [9.17, 15) is 9.18 Å². The highest BCUT2D eigenvalue weighted by Gasteiger charge is 2.26. The van der Waals surface area contributed by atoms with E-state index < -0.39 is 5.82 Å². The maximum Gasteiger partial charge on any atom is 0.203 e. The third kappa shape index (κ3) is 1.93.